The molecule has 2 saturated carbocycles. The Bertz CT molecular complexity index is 304. The largest absolute Gasteiger partial charge is 0.0622 e. The van der Waals surface area contributed by atoms with Crippen molar-refractivity contribution in [3.8, 4) is 0 Å². The Morgan fingerprint density at radius 2 is 1.67 bits per heavy atom. The lowest BCUT2D eigenvalue weighted by Gasteiger charge is -2.10. The third-order valence-electron chi connectivity index (χ3n) is 4.26. The van der Waals surface area contributed by atoms with Gasteiger partial charge in [0.05, 0.1) is 0 Å². The van der Waals surface area contributed by atoms with E-state index in [-0.39, 0.29) is 0 Å². The second-order valence-corrected chi connectivity index (χ2v) is 5.47. The zero-order chi connectivity index (χ0) is 10.1. The quantitative estimate of drug-likeness (QED) is 0.687. The summed E-state index contributed by atoms with van der Waals surface area (Å²) in [6, 6.07) is 10.9. The van der Waals surface area contributed by atoms with E-state index < -0.39 is 0 Å². The molecule has 0 bridgehead atoms. The van der Waals surface area contributed by atoms with Crippen LogP contribution in [0.3, 0.4) is 0 Å². The maximum absolute atomic E-state index is 2.26. The molecule has 2 aliphatic carbocycles. The Balaban J connectivity index is 1.40. The lowest BCUT2D eigenvalue weighted by Crippen LogP contribution is -1.98. The zero-order valence-corrected chi connectivity index (χ0v) is 9.36. The monoisotopic (exact) mass is 200 g/mol. The molecule has 1 aromatic rings. The first-order chi connectivity index (χ1) is 7.42. The van der Waals surface area contributed by atoms with Crippen LogP contribution in [0.1, 0.15) is 37.7 Å². The van der Waals surface area contributed by atoms with E-state index in [4.69, 9.17) is 0 Å². The second kappa shape index (κ2) is 4.00. The first-order valence-corrected chi connectivity index (χ1v) is 6.46. The summed E-state index contributed by atoms with van der Waals surface area (Å²) in [6.45, 7) is 0. The minimum Gasteiger partial charge on any atom is -0.0622 e. The molecule has 0 nitrogen and oxygen atoms in total. The molecule has 2 atom stereocenters. The fourth-order valence-corrected chi connectivity index (χ4v) is 3.32. The number of fused-ring (bicyclic) bond motifs is 1. The van der Waals surface area contributed by atoms with Crippen LogP contribution < -0.4 is 0 Å². The molecule has 0 heteroatoms. The molecule has 0 heterocycles. The van der Waals surface area contributed by atoms with Gasteiger partial charge in [-0.3, -0.25) is 0 Å². The van der Waals surface area contributed by atoms with Gasteiger partial charge in [-0.15, -0.1) is 0 Å². The molecule has 2 unspecified atom stereocenters. The summed E-state index contributed by atoms with van der Waals surface area (Å²) in [7, 11) is 0. The predicted octanol–water partition coefficient (Wildman–Crippen LogP) is 4.06. The van der Waals surface area contributed by atoms with E-state index in [0.717, 1.165) is 17.8 Å². The molecule has 0 saturated heterocycles. The van der Waals surface area contributed by atoms with Crippen molar-refractivity contribution in [1.82, 2.24) is 0 Å². The molecule has 0 N–H and O–H groups in total. The van der Waals surface area contributed by atoms with Gasteiger partial charge in [0.15, 0.2) is 0 Å². The molecular weight excluding hydrogens is 180 g/mol. The average molecular weight is 200 g/mol. The third kappa shape index (κ3) is 2.25. The van der Waals surface area contributed by atoms with Crippen molar-refractivity contribution < 1.29 is 0 Å². The van der Waals surface area contributed by atoms with Gasteiger partial charge in [-0.1, -0.05) is 36.8 Å². The second-order valence-electron chi connectivity index (χ2n) is 5.47. The van der Waals surface area contributed by atoms with Crippen molar-refractivity contribution in [2.45, 2.75) is 38.5 Å². The molecule has 80 valence electrons. The van der Waals surface area contributed by atoms with Crippen molar-refractivity contribution >= 4 is 0 Å². The van der Waals surface area contributed by atoms with E-state index in [1.165, 1.54) is 24.8 Å². The fraction of sp³-hybridized carbons (Fsp3) is 0.600. The van der Waals surface area contributed by atoms with E-state index in [0.29, 0.717) is 0 Å². The van der Waals surface area contributed by atoms with Crippen LogP contribution in [0.2, 0.25) is 0 Å². The number of aryl methyl sites for hydroxylation is 1. The average Bonchev–Trinajstić information content (AvgIpc) is 2.88. The molecular formula is C15H20. The highest BCUT2D eigenvalue weighted by atomic mass is 14.5. The Hall–Kier alpha value is -0.780. The Kier molecular flexibility index (Phi) is 2.52. The lowest BCUT2D eigenvalue weighted by molar-refractivity contribution is 0.439. The van der Waals surface area contributed by atoms with Crippen LogP contribution in [-0.2, 0) is 6.42 Å². The van der Waals surface area contributed by atoms with Gasteiger partial charge in [-0.2, -0.15) is 0 Å². The molecule has 0 radical (unpaired) electrons. The summed E-state index contributed by atoms with van der Waals surface area (Å²) in [4.78, 5) is 0. The first-order valence-electron chi connectivity index (χ1n) is 6.46. The SMILES string of the molecule is c1ccc(CCCC2CC3CC3C2)cc1. The van der Waals surface area contributed by atoms with Crippen LogP contribution in [0.4, 0.5) is 0 Å². The molecule has 0 aromatic heterocycles. The summed E-state index contributed by atoms with van der Waals surface area (Å²) < 4.78 is 0. The number of hydrogen-bond acceptors (Lipinski definition) is 0. The summed E-state index contributed by atoms with van der Waals surface area (Å²) in [5.74, 6) is 3.40. The van der Waals surface area contributed by atoms with Crippen LogP contribution in [-0.4, -0.2) is 0 Å². The summed E-state index contributed by atoms with van der Waals surface area (Å²) in [5.41, 5.74) is 1.51. The summed E-state index contributed by atoms with van der Waals surface area (Å²) >= 11 is 0. The van der Waals surface area contributed by atoms with Crippen molar-refractivity contribution in [2.75, 3.05) is 0 Å². The Labute approximate surface area is 92.7 Å². The van der Waals surface area contributed by atoms with E-state index in [2.05, 4.69) is 30.3 Å². The maximum atomic E-state index is 2.26. The maximum Gasteiger partial charge on any atom is -0.0279 e. The molecule has 0 spiro atoms. The van der Waals surface area contributed by atoms with E-state index in [1.807, 2.05) is 0 Å². The van der Waals surface area contributed by atoms with Crippen LogP contribution in [0.5, 0.6) is 0 Å². The molecule has 1 aromatic carbocycles. The van der Waals surface area contributed by atoms with Gasteiger partial charge in [0.1, 0.15) is 0 Å². The summed E-state index contributed by atoms with van der Waals surface area (Å²) in [5, 5.41) is 0. The van der Waals surface area contributed by atoms with E-state index in [9.17, 15) is 0 Å². The molecule has 2 aliphatic rings. The van der Waals surface area contributed by atoms with Crippen LogP contribution in [0, 0.1) is 17.8 Å². The smallest absolute Gasteiger partial charge is 0.0279 e. The molecule has 0 aliphatic heterocycles. The summed E-state index contributed by atoms with van der Waals surface area (Å²) in [6.07, 6.45) is 8.83. The third-order valence-corrected chi connectivity index (χ3v) is 4.26. The highest BCUT2D eigenvalue weighted by Gasteiger charge is 2.45. The first kappa shape index (κ1) is 9.45. The van der Waals surface area contributed by atoms with Gasteiger partial charge >= 0.3 is 0 Å². The van der Waals surface area contributed by atoms with Gasteiger partial charge in [0, 0.05) is 0 Å². The topological polar surface area (TPSA) is 0 Å². The van der Waals surface area contributed by atoms with Crippen molar-refractivity contribution in [3.05, 3.63) is 35.9 Å². The molecule has 0 amide bonds. The van der Waals surface area contributed by atoms with E-state index in [1.54, 1.807) is 19.3 Å². The standard InChI is InChI=1S/C15H20/c1-2-5-12(6-3-1)7-4-8-13-9-14-11-15(14)10-13/h1-3,5-6,13-15H,4,7-11H2. The fourth-order valence-electron chi connectivity index (χ4n) is 3.32. The lowest BCUT2D eigenvalue weighted by atomic mass is 9.95. The number of rotatable bonds is 4. The van der Waals surface area contributed by atoms with Crippen molar-refractivity contribution in [3.63, 3.8) is 0 Å². The van der Waals surface area contributed by atoms with Gasteiger partial charge in [-0.05, 0) is 55.4 Å². The van der Waals surface area contributed by atoms with Gasteiger partial charge < -0.3 is 0 Å². The van der Waals surface area contributed by atoms with Crippen molar-refractivity contribution in [2.24, 2.45) is 17.8 Å². The van der Waals surface area contributed by atoms with Crippen molar-refractivity contribution in [1.29, 1.82) is 0 Å². The van der Waals surface area contributed by atoms with Crippen LogP contribution in [0.15, 0.2) is 30.3 Å². The Morgan fingerprint density at radius 3 is 2.40 bits per heavy atom. The highest BCUT2D eigenvalue weighted by molar-refractivity contribution is 5.14. The van der Waals surface area contributed by atoms with Crippen LogP contribution >= 0.6 is 0 Å². The van der Waals surface area contributed by atoms with Gasteiger partial charge in [0.25, 0.3) is 0 Å². The number of benzene rings is 1. The Morgan fingerprint density at radius 1 is 0.933 bits per heavy atom. The highest BCUT2D eigenvalue weighted by Crippen LogP contribution is 2.55. The minimum absolute atomic E-state index is 1.08. The van der Waals surface area contributed by atoms with Gasteiger partial charge in [0.2, 0.25) is 0 Å². The molecule has 2 fully saturated rings. The van der Waals surface area contributed by atoms with E-state index >= 15 is 0 Å². The number of hydrogen-bond donors (Lipinski definition) is 0. The predicted molar refractivity (Wildman–Crippen MR) is 63.7 cm³/mol. The normalized spacial score (nSPS) is 32.7. The van der Waals surface area contributed by atoms with Gasteiger partial charge in [-0.25, -0.2) is 0 Å². The molecule has 15 heavy (non-hydrogen) atoms. The van der Waals surface area contributed by atoms with Crippen LogP contribution in [0.25, 0.3) is 0 Å². The zero-order valence-electron chi connectivity index (χ0n) is 9.36. The molecule has 3 rings (SSSR count). The minimum atomic E-state index is 1.08.